The molecule has 0 amide bonds. The SMILES string of the molecule is COc1ccc2c(c1)C1CC(OC)C=C3CCN(CC2)C31. The van der Waals surface area contributed by atoms with Gasteiger partial charge in [0.25, 0.3) is 0 Å². The third kappa shape index (κ3) is 2.11. The average Bonchev–Trinajstić information content (AvgIpc) is 2.87. The van der Waals surface area contributed by atoms with Gasteiger partial charge in [0.15, 0.2) is 0 Å². The van der Waals surface area contributed by atoms with E-state index in [0.717, 1.165) is 18.6 Å². The zero-order valence-corrected chi connectivity index (χ0v) is 12.8. The van der Waals surface area contributed by atoms with Gasteiger partial charge in [-0.15, -0.1) is 0 Å². The van der Waals surface area contributed by atoms with Gasteiger partial charge >= 0.3 is 0 Å². The number of nitrogens with zero attached hydrogens (tertiary/aromatic N) is 1. The largest absolute Gasteiger partial charge is 0.497 e. The molecule has 1 aliphatic carbocycles. The Balaban J connectivity index is 1.81. The molecule has 3 aliphatic rings. The van der Waals surface area contributed by atoms with Crippen molar-refractivity contribution < 1.29 is 9.47 Å². The first kappa shape index (κ1) is 13.4. The Labute approximate surface area is 126 Å². The standard InChI is InChI=1S/C18H23NO2/c1-20-14-4-3-12-5-7-19-8-6-13-9-15(21-2)11-17(18(13)19)16(12)10-14/h3-4,9-10,15,17-18H,5-8,11H2,1-2H3. The van der Waals surface area contributed by atoms with Crippen LogP contribution in [0, 0.1) is 0 Å². The zero-order valence-electron chi connectivity index (χ0n) is 12.8. The second-order valence-corrected chi connectivity index (χ2v) is 6.40. The summed E-state index contributed by atoms with van der Waals surface area (Å²) in [5.74, 6) is 1.52. The lowest BCUT2D eigenvalue weighted by molar-refractivity contribution is 0.106. The molecule has 3 atom stereocenters. The number of ether oxygens (including phenoxy) is 2. The summed E-state index contributed by atoms with van der Waals surface area (Å²) in [7, 11) is 3.59. The minimum Gasteiger partial charge on any atom is -0.497 e. The maximum absolute atomic E-state index is 5.68. The zero-order chi connectivity index (χ0) is 14.4. The molecule has 4 rings (SSSR count). The second-order valence-electron chi connectivity index (χ2n) is 6.40. The van der Waals surface area contributed by atoms with Crippen LogP contribution in [0.4, 0.5) is 0 Å². The molecule has 1 saturated heterocycles. The van der Waals surface area contributed by atoms with Crippen molar-refractivity contribution in [2.45, 2.75) is 37.3 Å². The highest BCUT2D eigenvalue weighted by molar-refractivity contribution is 5.43. The highest BCUT2D eigenvalue weighted by atomic mass is 16.5. The van der Waals surface area contributed by atoms with E-state index >= 15 is 0 Å². The number of rotatable bonds is 2. The quantitative estimate of drug-likeness (QED) is 0.780. The molecule has 0 radical (unpaired) electrons. The Hall–Kier alpha value is -1.32. The summed E-state index contributed by atoms with van der Waals surface area (Å²) in [6.45, 7) is 2.38. The van der Waals surface area contributed by atoms with Crippen LogP contribution in [0.15, 0.2) is 29.8 Å². The van der Waals surface area contributed by atoms with Gasteiger partial charge in [-0.3, -0.25) is 4.90 Å². The summed E-state index contributed by atoms with van der Waals surface area (Å²) < 4.78 is 11.1. The molecule has 0 saturated carbocycles. The summed E-state index contributed by atoms with van der Waals surface area (Å²) >= 11 is 0. The number of hydrogen-bond acceptors (Lipinski definition) is 3. The van der Waals surface area contributed by atoms with E-state index in [9.17, 15) is 0 Å². The molecule has 0 spiro atoms. The monoisotopic (exact) mass is 285 g/mol. The fraction of sp³-hybridized carbons (Fsp3) is 0.556. The first-order valence-electron chi connectivity index (χ1n) is 7.94. The van der Waals surface area contributed by atoms with E-state index in [0.29, 0.717) is 12.0 Å². The van der Waals surface area contributed by atoms with Gasteiger partial charge in [0, 0.05) is 32.2 Å². The first-order valence-corrected chi connectivity index (χ1v) is 7.94. The van der Waals surface area contributed by atoms with Crippen LogP contribution in [0.2, 0.25) is 0 Å². The van der Waals surface area contributed by atoms with E-state index in [2.05, 4.69) is 29.2 Å². The van der Waals surface area contributed by atoms with Gasteiger partial charge in [0.1, 0.15) is 5.75 Å². The van der Waals surface area contributed by atoms with Crippen molar-refractivity contribution in [1.82, 2.24) is 4.90 Å². The molecule has 0 bridgehead atoms. The van der Waals surface area contributed by atoms with Gasteiger partial charge in [-0.2, -0.15) is 0 Å². The van der Waals surface area contributed by atoms with Crippen molar-refractivity contribution >= 4 is 0 Å². The average molecular weight is 285 g/mol. The molecule has 3 heteroatoms. The molecule has 2 heterocycles. The Kier molecular flexibility index (Phi) is 3.27. The lowest BCUT2D eigenvalue weighted by Crippen LogP contribution is -2.38. The van der Waals surface area contributed by atoms with Gasteiger partial charge in [-0.1, -0.05) is 17.7 Å². The molecule has 2 aliphatic heterocycles. The lowest BCUT2D eigenvalue weighted by Gasteiger charge is -2.36. The molecule has 112 valence electrons. The smallest absolute Gasteiger partial charge is 0.119 e. The van der Waals surface area contributed by atoms with Crippen LogP contribution in [-0.2, 0) is 11.2 Å². The topological polar surface area (TPSA) is 21.7 Å². The van der Waals surface area contributed by atoms with Crippen molar-refractivity contribution in [3.63, 3.8) is 0 Å². The highest BCUT2D eigenvalue weighted by Gasteiger charge is 2.42. The number of hydrogen-bond donors (Lipinski definition) is 0. The Morgan fingerprint density at radius 1 is 1.14 bits per heavy atom. The van der Waals surface area contributed by atoms with E-state index in [1.165, 1.54) is 30.6 Å². The summed E-state index contributed by atoms with van der Waals surface area (Å²) in [5.41, 5.74) is 4.57. The molecule has 1 aromatic rings. The Morgan fingerprint density at radius 3 is 2.81 bits per heavy atom. The Bertz CT molecular complexity index is 581. The number of benzene rings is 1. The minimum atomic E-state index is 0.262. The van der Waals surface area contributed by atoms with Crippen LogP contribution in [0.5, 0.6) is 5.75 Å². The summed E-state index contributed by atoms with van der Waals surface area (Å²) in [4.78, 5) is 2.68. The molecular weight excluding hydrogens is 262 g/mol. The van der Waals surface area contributed by atoms with Crippen molar-refractivity contribution in [2.75, 3.05) is 27.3 Å². The molecule has 1 aromatic carbocycles. The van der Waals surface area contributed by atoms with E-state index in [1.807, 2.05) is 7.11 Å². The van der Waals surface area contributed by atoms with E-state index in [-0.39, 0.29) is 6.10 Å². The van der Waals surface area contributed by atoms with Gasteiger partial charge in [0.2, 0.25) is 0 Å². The van der Waals surface area contributed by atoms with E-state index in [4.69, 9.17) is 9.47 Å². The summed E-state index contributed by atoms with van der Waals surface area (Å²) in [6, 6.07) is 7.21. The highest BCUT2D eigenvalue weighted by Crippen LogP contribution is 2.45. The van der Waals surface area contributed by atoms with Gasteiger partial charge in [-0.25, -0.2) is 0 Å². The minimum absolute atomic E-state index is 0.262. The van der Waals surface area contributed by atoms with Crippen LogP contribution in [0.25, 0.3) is 0 Å². The van der Waals surface area contributed by atoms with Crippen LogP contribution >= 0.6 is 0 Å². The number of methoxy groups -OCH3 is 2. The molecule has 3 unspecified atom stereocenters. The van der Waals surface area contributed by atoms with Gasteiger partial charge < -0.3 is 9.47 Å². The molecule has 0 aromatic heterocycles. The van der Waals surface area contributed by atoms with Gasteiger partial charge in [0.05, 0.1) is 13.2 Å². The third-order valence-electron chi connectivity index (χ3n) is 5.45. The number of fused-ring (bicyclic) bond motifs is 2. The maximum Gasteiger partial charge on any atom is 0.119 e. The second kappa shape index (κ2) is 5.15. The van der Waals surface area contributed by atoms with Crippen LogP contribution in [0.1, 0.15) is 29.9 Å². The van der Waals surface area contributed by atoms with Crippen molar-refractivity contribution in [1.29, 1.82) is 0 Å². The molecular formula is C18H23NO2. The Morgan fingerprint density at radius 2 is 2.00 bits per heavy atom. The van der Waals surface area contributed by atoms with Crippen molar-refractivity contribution in [2.24, 2.45) is 0 Å². The van der Waals surface area contributed by atoms with Gasteiger partial charge in [-0.05, 0) is 42.5 Å². The maximum atomic E-state index is 5.68. The molecule has 3 nitrogen and oxygen atoms in total. The fourth-order valence-corrected chi connectivity index (χ4v) is 4.42. The van der Waals surface area contributed by atoms with E-state index in [1.54, 1.807) is 12.7 Å². The predicted octanol–water partition coefficient (Wildman–Crippen LogP) is 2.75. The fourth-order valence-electron chi connectivity index (χ4n) is 4.42. The predicted molar refractivity (Wildman–Crippen MR) is 82.9 cm³/mol. The van der Waals surface area contributed by atoms with E-state index < -0.39 is 0 Å². The van der Waals surface area contributed by atoms with Crippen molar-refractivity contribution in [3.05, 3.63) is 41.0 Å². The van der Waals surface area contributed by atoms with Crippen molar-refractivity contribution in [3.8, 4) is 5.75 Å². The summed E-state index contributed by atoms with van der Waals surface area (Å²) in [6.07, 6.45) is 6.09. The van der Waals surface area contributed by atoms with Crippen LogP contribution in [-0.4, -0.2) is 44.4 Å². The first-order chi connectivity index (χ1) is 10.3. The molecule has 0 N–H and O–H groups in total. The molecule has 1 fully saturated rings. The summed E-state index contributed by atoms with van der Waals surface area (Å²) in [5, 5.41) is 0. The molecule has 21 heavy (non-hydrogen) atoms. The van der Waals surface area contributed by atoms with Crippen LogP contribution in [0.3, 0.4) is 0 Å². The lowest BCUT2D eigenvalue weighted by atomic mass is 9.77. The normalized spacial score (nSPS) is 31.1. The van der Waals surface area contributed by atoms with Crippen LogP contribution < -0.4 is 4.74 Å². The third-order valence-corrected chi connectivity index (χ3v) is 5.45.